The SMILES string of the molecule is CCCOc1ccc(-c2ccccc2-c2ccc(F)cc2F)cc1. The first-order chi connectivity index (χ1) is 11.7. The van der Waals surface area contributed by atoms with Gasteiger partial charge in [-0.1, -0.05) is 43.3 Å². The smallest absolute Gasteiger partial charge is 0.133 e. The van der Waals surface area contributed by atoms with Crippen LogP contribution in [0.1, 0.15) is 13.3 Å². The zero-order chi connectivity index (χ0) is 16.9. The van der Waals surface area contributed by atoms with Crippen LogP contribution in [0.4, 0.5) is 8.78 Å². The van der Waals surface area contributed by atoms with Gasteiger partial charge in [-0.25, -0.2) is 8.78 Å². The molecule has 0 aliphatic rings. The molecule has 0 amide bonds. The van der Waals surface area contributed by atoms with Crippen LogP contribution in [0.25, 0.3) is 22.3 Å². The molecule has 0 aliphatic carbocycles. The third-order valence-corrected chi connectivity index (χ3v) is 3.79. The molecule has 0 radical (unpaired) electrons. The van der Waals surface area contributed by atoms with Crippen molar-refractivity contribution in [2.75, 3.05) is 6.61 Å². The van der Waals surface area contributed by atoms with Gasteiger partial charge in [0.1, 0.15) is 17.4 Å². The number of hydrogen-bond donors (Lipinski definition) is 0. The van der Waals surface area contributed by atoms with Crippen molar-refractivity contribution < 1.29 is 13.5 Å². The molecule has 0 fully saturated rings. The lowest BCUT2D eigenvalue weighted by molar-refractivity contribution is 0.317. The Morgan fingerprint density at radius 1 is 0.792 bits per heavy atom. The summed E-state index contributed by atoms with van der Waals surface area (Å²) in [5.41, 5.74) is 2.97. The molecule has 24 heavy (non-hydrogen) atoms. The number of halogens is 2. The van der Waals surface area contributed by atoms with Crippen molar-refractivity contribution in [2.45, 2.75) is 13.3 Å². The van der Waals surface area contributed by atoms with Crippen LogP contribution < -0.4 is 4.74 Å². The lowest BCUT2D eigenvalue weighted by Gasteiger charge is -2.12. The van der Waals surface area contributed by atoms with Gasteiger partial charge in [0.15, 0.2) is 0 Å². The molecule has 0 N–H and O–H groups in total. The minimum absolute atomic E-state index is 0.387. The fourth-order valence-corrected chi connectivity index (χ4v) is 2.63. The van der Waals surface area contributed by atoms with Crippen molar-refractivity contribution in [1.29, 1.82) is 0 Å². The summed E-state index contributed by atoms with van der Waals surface area (Å²) in [6, 6.07) is 18.9. The molecule has 3 aromatic carbocycles. The highest BCUT2D eigenvalue weighted by Gasteiger charge is 2.11. The Kier molecular flexibility index (Phi) is 4.90. The molecule has 3 rings (SSSR count). The molecule has 0 spiro atoms. The first kappa shape index (κ1) is 16.2. The molecule has 1 nitrogen and oxygen atoms in total. The lowest BCUT2D eigenvalue weighted by Crippen LogP contribution is -1.94. The van der Waals surface area contributed by atoms with Crippen molar-refractivity contribution in [3.05, 3.63) is 78.4 Å². The Morgan fingerprint density at radius 3 is 2.17 bits per heavy atom. The van der Waals surface area contributed by atoms with Crippen molar-refractivity contribution in [1.82, 2.24) is 0 Å². The molecule has 0 aromatic heterocycles. The van der Waals surface area contributed by atoms with Gasteiger partial charge in [-0.3, -0.25) is 0 Å². The zero-order valence-electron chi connectivity index (χ0n) is 13.4. The Bertz CT molecular complexity index is 825. The monoisotopic (exact) mass is 324 g/mol. The van der Waals surface area contributed by atoms with E-state index in [2.05, 4.69) is 6.92 Å². The molecule has 0 saturated heterocycles. The van der Waals surface area contributed by atoms with Crippen LogP contribution >= 0.6 is 0 Å². The second-order valence-electron chi connectivity index (χ2n) is 5.54. The van der Waals surface area contributed by atoms with Gasteiger partial charge in [0.25, 0.3) is 0 Å². The van der Waals surface area contributed by atoms with Gasteiger partial charge in [-0.05, 0) is 47.4 Å². The molecule has 0 unspecified atom stereocenters. The summed E-state index contributed by atoms with van der Waals surface area (Å²) in [7, 11) is 0. The van der Waals surface area contributed by atoms with E-state index >= 15 is 0 Å². The molecule has 0 bridgehead atoms. The van der Waals surface area contributed by atoms with E-state index in [4.69, 9.17) is 4.74 Å². The van der Waals surface area contributed by atoms with Gasteiger partial charge in [0, 0.05) is 11.6 Å². The zero-order valence-corrected chi connectivity index (χ0v) is 13.4. The highest BCUT2D eigenvalue weighted by molar-refractivity contribution is 5.83. The molecule has 0 saturated carbocycles. The summed E-state index contributed by atoms with van der Waals surface area (Å²) in [5, 5.41) is 0. The Hall–Kier alpha value is -2.68. The average molecular weight is 324 g/mol. The fourth-order valence-electron chi connectivity index (χ4n) is 2.63. The molecule has 3 aromatic rings. The first-order valence-electron chi connectivity index (χ1n) is 7.96. The summed E-state index contributed by atoms with van der Waals surface area (Å²) in [6.07, 6.45) is 0.953. The van der Waals surface area contributed by atoms with Crippen LogP contribution in [0, 0.1) is 11.6 Å². The molecule has 122 valence electrons. The van der Waals surface area contributed by atoms with Crippen molar-refractivity contribution >= 4 is 0 Å². The fraction of sp³-hybridized carbons (Fsp3) is 0.143. The Labute approximate surface area is 140 Å². The Balaban J connectivity index is 2.00. The van der Waals surface area contributed by atoms with Crippen LogP contribution in [0.5, 0.6) is 5.75 Å². The van der Waals surface area contributed by atoms with E-state index in [1.54, 1.807) is 0 Å². The van der Waals surface area contributed by atoms with Crippen LogP contribution in [0.15, 0.2) is 66.7 Å². The van der Waals surface area contributed by atoms with E-state index in [1.165, 1.54) is 12.1 Å². The largest absolute Gasteiger partial charge is 0.494 e. The first-order valence-corrected chi connectivity index (χ1v) is 7.96. The molecule has 0 aliphatic heterocycles. The molecule has 0 atom stereocenters. The van der Waals surface area contributed by atoms with E-state index in [0.29, 0.717) is 12.2 Å². The van der Waals surface area contributed by atoms with Gasteiger partial charge >= 0.3 is 0 Å². The summed E-state index contributed by atoms with van der Waals surface area (Å²) in [5.74, 6) is -0.331. The minimum atomic E-state index is -0.578. The van der Waals surface area contributed by atoms with E-state index in [1.807, 2.05) is 48.5 Å². The summed E-state index contributed by atoms with van der Waals surface area (Å²) in [6.45, 7) is 2.73. The van der Waals surface area contributed by atoms with E-state index in [9.17, 15) is 8.78 Å². The third kappa shape index (κ3) is 3.46. The van der Waals surface area contributed by atoms with Gasteiger partial charge in [0.2, 0.25) is 0 Å². The summed E-state index contributed by atoms with van der Waals surface area (Å²) in [4.78, 5) is 0. The maximum atomic E-state index is 14.2. The lowest BCUT2D eigenvalue weighted by atomic mass is 9.94. The van der Waals surface area contributed by atoms with Gasteiger partial charge in [0.05, 0.1) is 6.61 Å². The molecular formula is C21H18F2O. The Morgan fingerprint density at radius 2 is 1.50 bits per heavy atom. The highest BCUT2D eigenvalue weighted by atomic mass is 19.1. The van der Waals surface area contributed by atoms with E-state index in [-0.39, 0.29) is 0 Å². The third-order valence-electron chi connectivity index (χ3n) is 3.79. The molecule has 3 heteroatoms. The predicted octanol–water partition coefficient (Wildman–Crippen LogP) is 6.09. The van der Waals surface area contributed by atoms with Crippen molar-refractivity contribution in [3.63, 3.8) is 0 Å². The molecule has 0 heterocycles. The standard InChI is InChI=1S/C21H18F2O/c1-2-13-24-17-10-7-15(8-11-17)18-5-3-4-6-19(18)20-12-9-16(22)14-21(20)23/h3-12,14H,2,13H2,1H3. The van der Waals surface area contributed by atoms with Crippen molar-refractivity contribution in [3.8, 4) is 28.0 Å². The van der Waals surface area contributed by atoms with E-state index < -0.39 is 11.6 Å². The topological polar surface area (TPSA) is 9.23 Å². The normalized spacial score (nSPS) is 10.6. The number of ether oxygens (including phenoxy) is 1. The van der Waals surface area contributed by atoms with E-state index in [0.717, 1.165) is 34.9 Å². The number of benzene rings is 3. The number of hydrogen-bond acceptors (Lipinski definition) is 1. The second-order valence-corrected chi connectivity index (χ2v) is 5.54. The molecular weight excluding hydrogens is 306 g/mol. The summed E-state index contributed by atoms with van der Waals surface area (Å²) >= 11 is 0. The quantitative estimate of drug-likeness (QED) is 0.552. The van der Waals surface area contributed by atoms with Crippen LogP contribution in [0.2, 0.25) is 0 Å². The second kappa shape index (κ2) is 7.26. The van der Waals surface area contributed by atoms with Crippen LogP contribution in [-0.2, 0) is 0 Å². The van der Waals surface area contributed by atoms with Crippen molar-refractivity contribution in [2.24, 2.45) is 0 Å². The average Bonchev–Trinajstić information content (AvgIpc) is 2.61. The highest BCUT2D eigenvalue weighted by Crippen LogP contribution is 2.34. The maximum absolute atomic E-state index is 14.2. The van der Waals surface area contributed by atoms with Gasteiger partial charge in [-0.15, -0.1) is 0 Å². The van der Waals surface area contributed by atoms with Gasteiger partial charge < -0.3 is 4.74 Å². The maximum Gasteiger partial charge on any atom is 0.133 e. The summed E-state index contributed by atoms with van der Waals surface area (Å²) < 4.78 is 32.9. The minimum Gasteiger partial charge on any atom is -0.494 e. The van der Waals surface area contributed by atoms with Gasteiger partial charge in [-0.2, -0.15) is 0 Å². The number of rotatable bonds is 5. The van der Waals surface area contributed by atoms with Crippen LogP contribution in [0.3, 0.4) is 0 Å². The van der Waals surface area contributed by atoms with Crippen LogP contribution in [-0.4, -0.2) is 6.61 Å². The predicted molar refractivity (Wildman–Crippen MR) is 93.0 cm³/mol.